The van der Waals surface area contributed by atoms with Crippen LogP contribution in [0.15, 0.2) is 41.3 Å². The Morgan fingerprint density at radius 2 is 1.82 bits per heavy atom. The average Bonchev–Trinajstić information content (AvgIpc) is 3.73. The fourth-order valence-corrected chi connectivity index (χ4v) is 4.98. The number of pyridine rings is 1. The average molecular weight is 544 g/mol. The van der Waals surface area contributed by atoms with Crippen LogP contribution in [0.5, 0.6) is 5.75 Å². The molecule has 1 amide bonds. The molecule has 1 aliphatic carbocycles. The highest BCUT2D eigenvalue weighted by atomic mass is 35.5. The van der Waals surface area contributed by atoms with Crippen molar-refractivity contribution < 1.29 is 23.1 Å². The van der Waals surface area contributed by atoms with Gasteiger partial charge in [0.25, 0.3) is 5.91 Å². The van der Waals surface area contributed by atoms with E-state index in [0.29, 0.717) is 49.2 Å². The molecule has 2 aliphatic rings. The van der Waals surface area contributed by atoms with Gasteiger partial charge in [-0.3, -0.25) is 19.8 Å². The predicted molar refractivity (Wildman–Crippen MR) is 139 cm³/mol. The van der Waals surface area contributed by atoms with Gasteiger partial charge in [-0.2, -0.15) is 0 Å². The monoisotopic (exact) mass is 543 g/mol. The number of fused-ring (bicyclic) bond motifs is 1. The van der Waals surface area contributed by atoms with Crippen molar-refractivity contribution in [1.29, 1.82) is 0 Å². The van der Waals surface area contributed by atoms with Crippen LogP contribution in [-0.2, 0) is 4.79 Å². The van der Waals surface area contributed by atoms with Gasteiger partial charge in [-0.1, -0.05) is 17.7 Å². The summed E-state index contributed by atoms with van der Waals surface area (Å²) in [6.07, 6.45) is 5.05. The van der Waals surface area contributed by atoms with Gasteiger partial charge in [0.05, 0.1) is 10.5 Å². The molecule has 0 spiro atoms. The molecule has 0 unspecified atom stereocenters. The van der Waals surface area contributed by atoms with E-state index in [-0.39, 0.29) is 46.1 Å². The van der Waals surface area contributed by atoms with Crippen molar-refractivity contribution in [3.05, 3.63) is 74.5 Å². The van der Waals surface area contributed by atoms with Crippen LogP contribution in [0.25, 0.3) is 10.9 Å². The maximum Gasteiger partial charge on any atom is 0.271 e. The molecule has 3 aromatic rings. The summed E-state index contributed by atoms with van der Waals surface area (Å²) in [5.41, 5.74) is 3.23. The Labute approximate surface area is 223 Å². The minimum atomic E-state index is -0.704. The Kier molecular flexibility index (Phi) is 7.49. The summed E-state index contributed by atoms with van der Waals surface area (Å²) in [6.45, 7) is 2.56. The Morgan fingerprint density at radius 3 is 2.50 bits per heavy atom. The van der Waals surface area contributed by atoms with E-state index in [1.54, 1.807) is 24.1 Å². The van der Waals surface area contributed by atoms with Gasteiger partial charge >= 0.3 is 0 Å². The zero-order chi connectivity index (χ0) is 27.0. The Balaban J connectivity index is 1.17. The normalized spacial score (nSPS) is 16.5. The van der Waals surface area contributed by atoms with Crippen molar-refractivity contribution in [3.8, 4) is 5.75 Å². The largest absolute Gasteiger partial charge is 0.486 e. The molecule has 2 fully saturated rings. The molecule has 0 radical (unpaired) electrons. The van der Waals surface area contributed by atoms with Crippen LogP contribution in [0.3, 0.4) is 0 Å². The molecule has 0 bridgehead atoms. The number of nitrogens with zero attached hydrogens (tertiary/aromatic N) is 2. The lowest BCUT2D eigenvalue weighted by atomic mass is 9.92. The number of amides is 1. The molecule has 1 N–H and O–H groups in total. The number of Topliss-reactive ketones (excluding diaryl/α,β-unsaturated/α-hetero) is 1. The molecule has 7 nitrogen and oxygen atoms in total. The summed E-state index contributed by atoms with van der Waals surface area (Å²) in [5, 5.41) is 1.79. The number of aryl methyl sites for hydroxylation is 1. The molecule has 1 aliphatic heterocycles. The maximum absolute atomic E-state index is 14.1. The summed E-state index contributed by atoms with van der Waals surface area (Å²) in [7, 11) is 0. The number of hydrogen-bond acceptors (Lipinski definition) is 5. The topological polar surface area (TPSA) is 80.6 Å². The molecule has 2 heterocycles. The summed E-state index contributed by atoms with van der Waals surface area (Å²) in [4.78, 5) is 38.5. The summed E-state index contributed by atoms with van der Waals surface area (Å²) in [5.74, 6) is -1.25. The van der Waals surface area contributed by atoms with Crippen LogP contribution < -0.4 is 15.6 Å². The number of aromatic nitrogens is 1. The minimum absolute atomic E-state index is 0.0480. The van der Waals surface area contributed by atoms with Gasteiger partial charge in [0.2, 0.25) is 5.43 Å². The third kappa shape index (κ3) is 5.73. The van der Waals surface area contributed by atoms with Gasteiger partial charge in [-0.15, -0.1) is 0 Å². The number of hydrogen-bond donors (Lipinski definition) is 1. The lowest BCUT2D eigenvalue weighted by molar-refractivity contribution is -0.122. The zero-order valence-electron chi connectivity index (χ0n) is 20.9. The quantitative estimate of drug-likeness (QED) is 0.434. The van der Waals surface area contributed by atoms with Crippen molar-refractivity contribution in [1.82, 2.24) is 15.0 Å². The van der Waals surface area contributed by atoms with E-state index in [2.05, 4.69) is 5.43 Å². The summed E-state index contributed by atoms with van der Waals surface area (Å²) >= 11 is 5.95. The van der Waals surface area contributed by atoms with E-state index < -0.39 is 17.2 Å². The van der Waals surface area contributed by atoms with E-state index >= 15 is 0 Å². The number of rotatable bonds is 8. The lowest BCUT2D eigenvalue weighted by Gasteiger charge is -2.31. The SMILES string of the molecule is Cc1ccc(OCC(=O)CC2CCN(NC(=O)c3cn(C4CC4)c4cc(Cl)c(F)cc4c3=O)CC2)cc1F. The second-order valence-electron chi connectivity index (χ2n) is 10.1. The molecule has 1 saturated carbocycles. The number of nitrogens with one attached hydrogen (secondary N) is 1. The minimum Gasteiger partial charge on any atom is -0.486 e. The van der Waals surface area contributed by atoms with Gasteiger partial charge in [-0.25, -0.2) is 13.8 Å². The molecule has 10 heteroatoms. The molecule has 200 valence electrons. The number of carbonyl (C=O) groups excluding carboxylic acids is 2. The number of ketones is 1. The predicted octanol–water partition coefficient (Wildman–Crippen LogP) is 4.97. The molecule has 2 aromatic carbocycles. The van der Waals surface area contributed by atoms with Gasteiger partial charge in [0.15, 0.2) is 5.78 Å². The summed E-state index contributed by atoms with van der Waals surface area (Å²) in [6, 6.07) is 7.18. The standard InChI is InChI=1S/C28H28ClF2N3O4/c1-16-2-5-20(11-24(16)30)38-15-19(35)10-17-6-8-33(9-7-17)32-28(37)22-14-34(18-3-4-18)26-13-23(29)25(31)12-21(26)27(22)36/h2,5,11-14,17-18H,3-4,6-10,15H2,1H3,(H,32,37). The molecule has 1 aromatic heterocycles. The Bertz CT molecular complexity index is 1460. The van der Waals surface area contributed by atoms with Crippen LogP contribution in [0.4, 0.5) is 8.78 Å². The van der Waals surface area contributed by atoms with E-state index in [0.717, 1.165) is 18.9 Å². The highest BCUT2D eigenvalue weighted by molar-refractivity contribution is 6.31. The van der Waals surface area contributed by atoms with E-state index in [1.807, 2.05) is 4.57 Å². The molecule has 0 atom stereocenters. The third-order valence-corrected chi connectivity index (χ3v) is 7.48. The number of halogens is 3. The van der Waals surface area contributed by atoms with Crippen molar-refractivity contribution in [2.75, 3.05) is 19.7 Å². The maximum atomic E-state index is 14.1. The van der Waals surface area contributed by atoms with Crippen molar-refractivity contribution in [3.63, 3.8) is 0 Å². The first-order valence-corrected chi connectivity index (χ1v) is 13.1. The van der Waals surface area contributed by atoms with Crippen LogP contribution in [0.2, 0.25) is 5.02 Å². The van der Waals surface area contributed by atoms with Gasteiger partial charge < -0.3 is 9.30 Å². The summed E-state index contributed by atoms with van der Waals surface area (Å²) < 4.78 is 35.1. The van der Waals surface area contributed by atoms with Crippen LogP contribution in [-0.4, -0.2) is 41.0 Å². The fraction of sp³-hybridized carbons (Fsp3) is 0.393. The van der Waals surface area contributed by atoms with Gasteiger partial charge in [0, 0.05) is 43.2 Å². The van der Waals surface area contributed by atoms with Crippen LogP contribution in [0, 0.1) is 24.5 Å². The van der Waals surface area contributed by atoms with Gasteiger partial charge in [-0.05, 0) is 62.3 Å². The van der Waals surface area contributed by atoms with Crippen molar-refractivity contribution >= 4 is 34.2 Å². The molecular formula is C28H28ClF2N3O4. The van der Waals surface area contributed by atoms with Crippen molar-refractivity contribution in [2.45, 2.75) is 45.1 Å². The van der Waals surface area contributed by atoms with E-state index in [9.17, 15) is 23.2 Å². The van der Waals surface area contributed by atoms with Gasteiger partial charge in [0.1, 0.15) is 29.6 Å². The number of piperidine rings is 1. The Morgan fingerprint density at radius 1 is 1.08 bits per heavy atom. The first kappa shape index (κ1) is 26.3. The first-order chi connectivity index (χ1) is 18.2. The second kappa shape index (κ2) is 10.8. The second-order valence-corrected chi connectivity index (χ2v) is 10.5. The van der Waals surface area contributed by atoms with Crippen LogP contribution in [0.1, 0.15) is 54.1 Å². The van der Waals surface area contributed by atoms with E-state index in [4.69, 9.17) is 16.3 Å². The number of hydrazine groups is 1. The molecular weight excluding hydrogens is 516 g/mol. The Hall–Kier alpha value is -3.30. The lowest BCUT2D eigenvalue weighted by Crippen LogP contribution is -2.48. The molecule has 5 rings (SSSR count). The highest BCUT2D eigenvalue weighted by Crippen LogP contribution is 2.37. The smallest absolute Gasteiger partial charge is 0.271 e. The first-order valence-electron chi connectivity index (χ1n) is 12.7. The molecule has 1 saturated heterocycles. The van der Waals surface area contributed by atoms with Crippen molar-refractivity contribution in [2.24, 2.45) is 5.92 Å². The van der Waals surface area contributed by atoms with Crippen LogP contribution >= 0.6 is 11.6 Å². The van der Waals surface area contributed by atoms with E-state index in [1.165, 1.54) is 18.3 Å². The zero-order valence-corrected chi connectivity index (χ0v) is 21.7. The fourth-order valence-electron chi connectivity index (χ4n) is 4.82. The molecule has 38 heavy (non-hydrogen) atoms. The number of ether oxygens (including phenoxy) is 1. The number of benzene rings is 2. The third-order valence-electron chi connectivity index (χ3n) is 7.19. The highest BCUT2D eigenvalue weighted by Gasteiger charge is 2.28. The number of carbonyl (C=O) groups is 2.